The number of hydrogen-bond donors (Lipinski definition) is 0. The van der Waals surface area contributed by atoms with Gasteiger partial charge in [-0.3, -0.25) is 0 Å². The second-order valence-electron chi connectivity index (χ2n) is 7.61. The highest BCUT2D eigenvalue weighted by atomic mass is 79.9. The number of halogens is 1. The molecule has 26 heavy (non-hydrogen) atoms. The van der Waals surface area contributed by atoms with Crippen molar-refractivity contribution in [3.63, 3.8) is 0 Å². The number of rotatable bonds is 2. The van der Waals surface area contributed by atoms with E-state index >= 15 is 0 Å². The van der Waals surface area contributed by atoms with Gasteiger partial charge >= 0.3 is 0 Å². The fourth-order valence-corrected chi connectivity index (χ4v) is 4.68. The number of benzene rings is 2. The molecule has 2 aliphatic rings. The Morgan fingerprint density at radius 3 is 2.15 bits per heavy atom. The Morgan fingerprint density at radius 2 is 1.50 bits per heavy atom. The Kier molecular flexibility index (Phi) is 4.64. The normalized spacial score (nSPS) is 19.5. The molecule has 3 nitrogen and oxygen atoms in total. The van der Waals surface area contributed by atoms with Gasteiger partial charge in [0.25, 0.3) is 0 Å². The lowest BCUT2D eigenvalue weighted by atomic mass is 9.94. The molecular formula is C22H27BrN2O. The number of anilines is 2. The first-order valence-corrected chi connectivity index (χ1v) is 10.3. The van der Waals surface area contributed by atoms with E-state index in [9.17, 15) is 0 Å². The van der Waals surface area contributed by atoms with E-state index in [0.29, 0.717) is 6.10 Å². The molecule has 0 bridgehead atoms. The van der Waals surface area contributed by atoms with Gasteiger partial charge in [0.1, 0.15) is 11.9 Å². The minimum Gasteiger partial charge on any atom is -0.490 e. The summed E-state index contributed by atoms with van der Waals surface area (Å²) in [6.45, 7) is 13.2. The third-order valence-electron chi connectivity index (χ3n) is 5.94. The van der Waals surface area contributed by atoms with Gasteiger partial charge in [-0.25, -0.2) is 0 Å². The molecule has 2 aromatic rings. The second kappa shape index (κ2) is 6.80. The van der Waals surface area contributed by atoms with Crippen LogP contribution in [0.1, 0.15) is 29.2 Å². The third kappa shape index (κ3) is 2.98. The summed E-state index contributed by atoms with van der Waals surface area (Å²) >= 11 is 3.52. The van der Waals surface area contributed by atoms with Crippen molar-refractivity contribution in [2.45, 2.75) is 40.2 Å². The molecule has 4 heteroatoms. The molecule has 4 rings (SSSR count). The van der Waals surface area contributed by atoms with Crippen LogP contribution in [-0.4, -0.2) is 32.3 Å². The SMILES string of the molecule is Cc1c(C)c(N2CCN(c3ccc(Br)cc3)CC2)c(C)c2c1OC(C)C2. The molecule has 0 aromatic heterocycles. The number of nitrogens with zero attached hydrogens (tertiary/aromatic N) is 2. The van der Waals surface area contributed by atoms with E-state index in [0.717, 1.165) is 42.8 Å². The van der Waals surface area contributed by atoms with Gasteiger partial charge in [-0.15, -0.1) is 0 Å². The lowest BCUT2D eigenvalue weighted by Gasteiger charge is -2.39. The molecule has 0 radical (unpaired) electrons. The summed E-state index contributed by atoms with van der Waals surface area (Å²) in [6, 6.07) is 8.66. The summed E-state index contributed by atoms with van der Waals surface area (Å²) < 4.78 is 7.23. The van der Waals surface area contributed by atoms with Gasteiger partial charge in [-0.05, 0) is 68.7 Å². The van der Waals surface area contributed by atoms with Crippen LogP contribution in [0.15, 0.2) is 28.7 Å². The Bertz CT molecular complexity index is 823. The van der Waals surface area contributed by atoms with Gasteiger partial charge in [0.2, 0.25) is 0 Å². The Labute approximate surface area is 165 Å². The van der Waals surface area contributed by atoms with Crippen molar-refractivity contribution in [1.82, 2.24) is 0 Å². The Hall–Kier alpha value is -1.68. The molecule has 0 spiro atoms. The van der Waals surface area contributed by atoms with Gasteiger partial charge in [-0.2, -0.15) is 0 Å². The molecule has 0 aliphatic carbocycles. The van der Waals surface area contributed by atoms with Crippen molar-refractivity contribution in [2.75, 3.05) is 36.0 Å². The van der Waals surface area contributed by atoms with Crippen molar-refractivity contribution in [2.24, 2.45) is 0 Å². The Balaban J connectivity index is 1.58. The van der Waals surface area contributed by atoms with Crippen molar-refractivity contribution in [1.29, 1.82) is 0 Å². The standard InChI is InChI=1S/C22H27BrN2O/c1-14-13-20-17(4)21(15(2)16(3)22(20)26-14)25-11-9-24(10-12-25)19-7-5-18(23)6-8-19/h5-8,14H,9-13H2,1-4H3. The quantitative estimate of drug-likeness (QED) is 0.685. The summed E-state index contributed by atoms with van der Waals surface area (Å²) in [5.74, 6) is 1.14. The zero-order valence-electron chi connectivity index (χ0n) is 16.1. The summed E-state index contributed by atoms with van der Waals surface area (Å²) in [6.07, 6.45) is 1.33. The van der Waals surface area contributed by atoms with E-state index in [-0.39, 0.29) is 0 Å². The highest BCUT2D eigenvalue weighted by molar-refractivity contribution is 9.10. The van der Waals surface area contributed by atoms with Gasteiger partial charge in [0.15, 0.2) is 0 Å². The molecule has 1 unspecified atom stereocenters. The molecule has 2 aliphatic heterocycles. The fraction of sp³-hybridized carbons (Fsp3) is 0.455. The third-order valence-corrected chi connectivity index (χ3v) is 6.47. The topological polar surface area (TPSA) is 15.7 Å². The van der Waals surface area contributed by atoms with Crippen LogP contribution in [0.4, 0.5) is 11.4 Å². The first kappa shape index (κ1) is 17.7. The van der Waals surface area contributed by atoms with Crippen LogP contribution in [0.5, 0.6) is 5.75 Å². The van der Waals surface area contributed by atoms with E-state index < -0.39 is 0 Å². The Morgan fingerprint density at radius 1 is 0.885 bits per heavy atom. The molecule has 138 valence electrons. The van der Waals surface area contributed by atoms with Gasteiger partial charge in [0, 0.05) is 54.0 Å². The van der Waals surface area contributed by atoms with E-state index in [1.165, 1.54) is 33.6 Å². The second-order valence-corrected chi connectivity index (χ2v) is 8.53. The number of ether oxygens (including phenoxy) is 1. The summed E-state index contributed by atoms with van der Waals surface area (Å²) in [5.41, 5.74) is 8.30. The number of fused-ring (bicyclic) bond motifs is 1. The predicted octanol–water partition coefficient (Wildman–Crippen LogP) is 5.02. The van der Waals surface area contributed by atoms with Gasteiger partial charge in [0.05, 0.1) is 0 Å². The molecule has 0 saturated carbocycles. The van der Waals surface area contributed by atoms with Crippen LogP contribution in [0.25, 0.3) is 0 Å². The highest BCUT2D eigenvalue weighted by Gasteiger charge is 2.29. The van der Waals surface area contributed by atoms with E-state index in [1.807, 2.05) is 0 Å². The van der Waals surface area contributed by atoms with E-state index in [2.05, 4.69) is 77.7 Å². The minimum atomic E-state index is 0.298. The van der Waals surface area contributed by atoms with Crippen LogP contribution in [0.3, 0.4) is 0 Å². The largest absolute Gasteiger partial charge is 0.490 e. The molecule has 0 N–H and O–H groups in total. The molecule has 1 atom stereocenters. The molecule has 0 amide bonds. The van der Waals surface area contributed by atoms with Crippen LogP contribution < -0.4 is 14.5 Å². The lowest BCUT2D eigenvalue weighted by Crippen LogP contribution is -2.47. The molecule has 1 saturated heterocycles. The summed E-state index contributed by atoms with van der Waals surface area (Å²) in [7, 11) is 0. The van der Waals surface area contributed by atoms with Gasteiger partial charge in [-0.1, -0.05) is 15.9 Å². The monoisotopic (exact) mass is 414 g/mol. The average molecular weight is 415 g/mol. The smallest absolute Gasteiger partial charge is 0.126 e. The van der Waals surface area contributed by atoms with E-state index in [1.54, 1.807) is 0 Å². The van der Waals surface area contributed by atoms with Gasteiger partial charge < -0.3 is 14.5 Å². The van der Waals surface area contributed by atoms with Crippen LogP contribution in [-0.2, 0) is 6.42 Å². The van der Waals surface area contributed by atoms with Crippen molar-refractivity contribution in [3.05, 3.63) is 51.0 Å². The number of hydrogen-bond acceptors (Lipinski definition) is 3. The molecular weight excluding hydrogens is 388 g/mol. The van der Waals surface area contributed by atoms with Crippen molar-refractivity contribution < 1.29 is 4.74 Å². The predicted molar refractivity (Wildman–Crippen MR) is 113 cm³/mol. The van der Waals surface area contributed by atoms with Crippen molar-refractivity contribution in [3.8, 4) is 5.75 Å². The zero-order chi connectivity index (χ0) is 18.4. The molecule has 2 aromatic carbocycles. The number of piperazine rings is 1. The maximum atomic E-state index is 6.10. The maximum absolute atomic E-state index is 6.10. The lowest BCUT2D eigenvalue weighted by molar-refractivity contribution is 0.253. The zero-order valence-corrected chi connectivity index (χ0v) is 17.7. The van der Waals surface area contributed by atoms with Crippen LogP contribution in [0.2, 0.25) is 0 Å². The summed E-state index contributed by atoms with van der Waals surface area (Å²) in [4.78, 5) is 5.06. The van der Waals surface area contributed by atoms with Crippen molar-refractivity contribution >= 4 is 27.3 Å². The average Bonchev–Trinajstić information content (AvgIpc) is 3.04. The first-order valence-electron chi connectivity index (χ1n) is 9.50. The van der Waals surface area contributed by atoms with Crippen LogP contribution in [0, 0.1) is 20.8 Å². The van der Waals surface area contributed by atoms with E-state index in [4.69, 9.17) is 4.74 Å². The summed E-state index contributed by atoms with van der Waals surface area (Å²) in [5, 5.41) is 0. The van der Waals surface area contributed by atoms with Crippen LogP contribution >= 0.6 is 15.9 Å². The first-order chi connectivity index (χ1) is 12.5. The fourth-order valence-electron chi connectivity index (χ4n) is 4.42. The minimum absolute atomic E-state index is 0.298. The maximum Gasteiger partial charge on any atom is 0.126 e. The highest BCUT2D eigenvalue weighted by Crippen LogP contribution is 2.42. The molecule has 2 heterocycles. The molecule has 1 fully saturated rings.